The molecule has 2 aromatic carbocycles. The zero-order valence-electron chi connectivity index (χ0n) is 18.7. The van der Waals surface area contributed by atoms with Crippen LogP contribution in [-0.2, 0) is 4.79 Å². The second kappa shape index (κ2) is 10.5. The highest BCUT2D eigenvalue weighted by molar-refractivity contribution is 7.15. The number of carbonyl (C=O) groups is 1. The molecule has 1 atom stereocenters. The van der Waals surface area contributed by atoms with Crippen molar-refractivity contribution in [1.82, 2.24) is 14.8 Å². The fourth-order valence-corrected chi connectivity index (χ4v) is 4.56. The van der Waals surface area contributed by atoms with Crippen molar-refractivity contribution in [3.8, 4) is 11.8 Å². The van der Waals surface area contributed by atoms with E-state index in [2.05, 4.69) is 22.4 Å². The number of amides is 1. The molecule has 174 valence electrons. The van der Waals surface area contributed by atoms with Crippen molar-refractivity contribution < 1.29 is 9.72 Å². The van der Waals surface area contributed by atoms with Crippen LogP contribution in [0.5, 0.6) is 0 Å². The molecule has 0 saturated carbocycles. The quantitative estimate of drug-likeness (QED) is 0.156. The zero-order valence-corrected chi connectivity index (χ0v) is 19.5. The highest BCUT2D eigenvalue weighted by Crippen LogP contribution is 2.31. The van der Waals surface area contributed by atoms with Gasteiger partial charge in [-0.3, -0.25) is 20.2 Å². The number of nitro benzene ring substituents is 1. The molecule has 2 aromatic heterocycles. The molecule has 0 aliphatic rings. The van der Waals surface area contributed by atoms with Crippen LogP contribution in [0.15, 0.2) is 78.5 Å². The number of nitro groups is 1. The lowest BCUT2D eigenvalue weighted by Gasteiger charge is -2.11. The topological polar surface area (TPSA) is 127 Å². The predicted molar refractivity (Wildman–Crippen MR) is 133 cm³/mol. The molecular weight excluding hydrogens is 464 g/mol. The van der Waals surface area contributed by atoms with E-state index in [0.717, 1.165) is 17.0 Å². The van der Waals surface area contributed by atoms with Gasteiger partial charge in [-0.1, -0.05) is 48.6 Å². The second-order valence-electron chi connectivity index (χ2n) is 7.52. The minimum Gasteiger partial charge on any atom is -0.317 e. The minimum absolute atomic E-state index is 0.0240. The third-order valence-corrected chi connectivity index (χ3v) is 6.30. The van der Waals surface area contributed by atoms with E-state index in [1.807, 2.05) is 36.4 Å². The van der Waals surface area contributed by atoms with Gasteiger partial charge in [0.25, 0.3) is 11.6 Å². The van der Waals surface area contributed by atoms with Crippen molar-refractivity contribution in [3.63, 3.8) is 0 Å². The molecule has 4 rings (SSSR count). The van der Waals surface area contributed by atoms with Crippen LogP contribution in [0.1, 0.15) is 35.5 Å². The van der Waals surface area contributed by atoms with Gasteiger partial charge >= 0.3 is 0 Å². The summed E-state index contributed by atoms with van der Waals surface area (Å²) >= 11 is 1.28. The molecular formula is C25H20N6O3S. The molecule has 9 nitrogen and oxygen atoms in total. The van der Waals surface area contributed by atoms with Crippen molar-refractivity contribution >= 4 is 34.1 Å². The summed E-state index contributed by atoms with van der Waals surface area (Å²) in [5, 5.41) is 32.6. The van der Waals surface area contributed by atoms with Crippen LogP contribution in [0.3, 0.4) is 0 Å². The van der Waals surface area contributed by atoms with E-state index in [-0.39, 0.29) is 17.2 Å². The number of hydrogen-bond acceptors (Lipinski definition) is 7. The molecule has 10 heteroatoms. The molecule has 0 aliphatic carbocycles. The molecule has 0 spiro atoms. The average molecular weight is 485 g/mol. The number of nitriles is 1. The van der Waals surface area contributed by atoms with Crippen molar-refractivity contribution in [1.29, 1.82) is 5.26 Å². The molecule has 2 heterocycles. The Balaban J connectivity index is 1.53. The van der Waals surface area contributed by atoms with Crippen LogP contribution < -0.4 is 5.32 Å². The maximum absolute atomic E-state index is 12.8. The SMILES string of the molecule is CCC(c1ccccc1)c1nnc(NC(=O)/C(C#N)=C\c2cccn2-c2ccc([N+](=O)[O-])cc2)s1. The lowest BCUT2D eigenvalue weighted by atomic mass is 9.97. The Bertz CT molecular complexity index is 1420. The fraction of sp³-hybridized carbons (Fsp3) is 0.120. The lowest BCUT2D eigenvalue weighted by Crippen LogP contribution is -2.13. The van der Waals surface area contributed by atoms with Crippen LogP contribution in [0.25, 0.3) is 11.8 Å². The fourth-order valence-electron chi connectivity index (χ4n) is 3.61. The van der Waals surface area contributed by atoms with Gasteiger partial charge in [-0.05, 0) is 42.3 Å². The minimum atomic E-state index is -0.598. The molecule has 0 aliphatic heterocycles. The summed E-state index contributed by atoms with van der Waals surface area (Å²) in [5.74, 6) is -0.533. The number of aromatic nitrogens is 3. The Labute approximate surface area is 205 Å². The van der Waals surface area contributed by atoms with Crippen molar-refractivity contribution in [2.24, 2.45) is 0 Å². The first kappa shape index (κ1) is 23.5. The molecule has 1 N–H and O–H groups in total. The first-order valence-corrected chi connectivity index (χ1v) is 11.6. The second-order valence-corrected chi connectivity index (χ2v) is 8.53. The van der Waals surface area contributed by atoms with Gasteiger partial charge in [0.2, 0.25) is 5.13 Å². The van der Waals surface area contributed by atoms with E-state index in [9.17, 15) is 20.2 Å². The maximum atomic E-state index is 12.8. The summed E-state index contributed by atoms with van der Waals surface area (Å²) in [6.45, 7) is 2.06. The molecule has 0 radical (unpaired) electrons. The van der Waals surface area contributed by atoms with Crippen LogP contribution in [0.4, 0.5) is 10.8 Å². The van der Waals surface area contributed by atoms with Gasteiger partial charge in [0.15, 0.2) is 0 Å². The van der Waals surface area contributed by atoms with Crippen LogP contribution >= 0.6 is 11.3 Å². The maximum Gasteiger partial charge on any atom is 0.269 e. The molecule has 4 aromatic rings. The Hall–Kier alpha value is -4.62. The van der Waals surface area contributed by atoms with E-state index in [1.165, 1.54) is 29.5 Å². The number of hydrogen-bond donors (Lipinski definition) is 1. The molecule has 0 bridgehead atoms. The average Bonchev–Trinajstić information content (AvgIpc) is 3.53. The smallest absolute Gasteiger partial charge is 0.269 e. The van der Waals surface area contributed by atoms with Crippen molar-refractivity contribution in [2.75, 3.05) is 5.32 Å². The van der Waals surface area contributed by atoms with E-state index in [1.54, 1.807) is 35.0 Å². The Morgan fingerprint density at radius 2 is 1.91 bits per heavy atom. The summed E-state index contributed by atoms with van der Waals surface area (Å²) in [5.41, 5.74) is 2.21. The predicted octanol–water partition coefficient (Wildman–Crippen LogP) is 5.32. The number of benzene rings is 2. The highest BCUT2D eigenvalue weighted by atomic mass is 32.1. The molecule has 1 unspecified atom stereocenters. The Morgan fingerprint density at radius 3 is 2.57 bits per heavy atom. The first-order chi connectivity index (χ1) is 17.0. The Morgan fingerprint density at radius 1 is 1.17 bits per heavy atom. The summed E-state index contributed by atoms with van der Waals surface area (Å²) in [7, 11) is 0. The number of nitrogens with zero attached hydrogens (tertiary/aromatic N) is 5. The van der Waals surface area contributed by atoms with E-state index in [0.29, 0.717) is 16.5 Å². The molecule has 0 saturated heterocycles. The van der Waals surface area contributed by atoms with Crippen LogP contribution in [0.2, 0.25) is 0 Å². The van der Waals surface area contributed by atoms with Gasteiger partial charge in [0, 0.05) is 35.6 Å². The van der Waals surface area contributed by atoms with E-state index in [4.69, 9.17) is 0 Å². The van der Waals surface area contributed by atoms with Gasteiger partial charge in [0.1, 0.15) is 16.6 Å². The van der Waals surface area contributed by atoms with Gasteiger partial charge in [-0.25, -0.2) is 0 Å². The first-order valence-electron chi connectivity index (χ1n) is 10.7. The van der Waals surface area contributed by atoms with Gasteiger partial charge in [-0.2, -0.15) is 5.26 Å². The summed E-state index contributed by atoms with van der Waals surface area (Å²) in [4.78, 5) is 23.2. The summed E-state index contributed by atoms with van der Waals surface area (Å²) < 4.78 is 1.73. The number of anilines is 1. The van der Waals surface area contributed by atoms with Crippen LogP contribution in [-0.4, -0.2) is 25.6 Å². The standard InChI is InChI=1S/C25H20N6O3S/c1-2-22(17-7-4-3-5-8-17)24-28-29-25(35-24)27-23(32)18(16-26)15-21-9-6-14-30(21)19-10-12-20(13-11-19)31(33)34/h3-15,22H,2H2,1H3,(H,27,29,32)/b18-15-. The summed E-state index contributed by atoms with van der Waals surface area (Å²) in [6.07, 6.45) is 4.03. The van der Waals surface area contributed by atoms with Gasteiger partial charge < -0.3 is 4.57 Å². The number of non-ortho nitro benzene ring substituents is 1. The van der Waals surface area contributed by atoms with Crippen molar-refractivity contribution in [2.45, 2.75) is 19.3 Å². The van der Waals surface area contributed by atoms with E-state index < -0.39 is 10.8 Å². The Kier molecular flexibility index (Phi) is 7.09. The molecule has 1 amide bonds. The molecule has 0 fully saturated rings. The van der Waals surface area contributed by atoms with E-state index >= 15 is 0 Å². The largest absolute Gasteiger partial charge is 0.317 e. The zero-order chi connectivity index (χ0) is 24.8. The lowest BCUT2D eigenvalue weighted by molar-refractivity contribution is -0.384. The third-order valence-electron chi connectivity index (χ3n) is 5.35. The summed E-state index contributed by atoms with van der Waals surface area (Å²) in [6, 6.07) is 21.4. The molecule has 35 heavy (non-hydrogen) atoms. The van der Waals surface area contributed by atoms with Crippen molar-refractivity contribution in [3.05, 3.63) is 105 Å². The number of nitrogens with one attached hydrogen (secondary N) is 1. The number of rotatable bonds is 8. The van der Waals surface area contributed by atoms with Crippen LogP contribution in [0, 0.1) is 21.4 Å². The monoisotopic (exact) mass is 484 g/mol. The normalized spacial score (nSPS) is 12.1. The third kappa shape index (κ3) is 5.31. The van der Waals surface area contributed by atoms with Gasteiger partial charge in [-0.15, -0.1) is 10.2 Å². The highest BCUT2D eigenvalue weighted by Gasteiger charge is 2.19. The van der Waals surface area contributed by atoms with Gasteiger partial charge in [0.05, 0.1) is 4.92 Å². The number of carbonyl (C=O) groups excluding carboxylic acids is 1.